The molecule has 0 saturated carbocycles. The average molecular weight is 725 g/mol. The fourth-order valence-electron chi connectivity index (χ4n) is 7.76. The van der Waals surface area contributed by atoms with Crippen LogP contribution in [0.15, 0.2) is 133 Å². The van der Waals surface area contributed by atoms with E-state index in [9.17, 15) is 0 Å². The first-order chi connectivity index (χ1) is 26.1. The molecule has 2 aliphatic rings. The Balaban J connectivity index is 0.000000579. The van der Waals surface area contributed by atoms with Gasteiger partial charge in [-0.1, -0.05) is 149 Å². The van der Waals surface area contributed by atoms with Crippen LogP contribution in [0.1, 0.15) is 75.5 Å². The van der Waals surface area contributed by atoms with E-state index in [0.717, 1.165) is 41.8 Å². The second-order valence-electron chi connectivity index (χ2n) is 15.5. The van der Waals surface area contributed by atoms with Crippen LogP contribution < -0.4 is 19.5 Å². The number of hydrogen-bond acceptors (Lipinski definition) is 2. The van der Waals surface area contributed by atoms with Gasteiger partial charge < -0.3 is 0 Å². The van der Waals surface area contributed by atoms with Crippen LogP contribution in [0.4, 0.5) is 0 Å². The number of fused-ring (bicyclic) bond motifs is 2. The molecule has 2 aromatic heterocycles. The average Bonchev–Trinajstić information content (AvgIpc) is 3.72. The molecule has 6 aromatic rings. The molecule has 0 spiro atoms. The maximum absolute atomic E-state index is 4.89. The highest BCUT2D eigenvalue weighted by molar-refractivity contribution is 7.07. The molecule has 1 unspecified atom stereocenters. The molecular formula is C51H52N2S. The second-order valence-corrected chi connectivity index (χ2v) is 16.6. The van der Waals surface area contributed by atoms with E-state index in [1.54, 1.807) is 0 Å². The summed E-state index contributed by atoms with van der Waals surface area (Å²) in [5, 5.41) is 2.66. The Hall–Kier alpha value is -5.25. The first-order valence-corrected chi connectivity index (χ1v) is 20.2. The van der Waals surface area contributed by atoms with Gasteiger partial charge in [-0.25, -0.2) is 4.98 Å². The highest BCUT2D eigenvalue weighted by Crippen LogP contribution is 2.47. The van der Waals surface area contributed by atoms with Gasteiger partial charge in [0.05, 0.1) is 11.0 Å². The molecule has 0 bridgehead atoms. The van der Waals surface area contributed by atoms with Gasteiger partial charge in [0.25, 0.3) is 0 Å². The fourth-order valence-corrected chi connectivity index (χ4v) is 8.86. The van der Waals surface area contributed by atoms with E-state index in [2.05, 4.69) is 187 Å². The van der Waals surface area contributed by atoms with Crippen molar-refractivity contribution in [1.29, 1.82) is 0 Å². The first-order valence-electron chi connectivity index (χ1n) is 19.3. The van der Waals surface area contributed by atoms with Crippen molar-refractivity contribution in [2.24, 2.45) is 10.8 Å². The van der Waals surface area contributed by atoms with E-state index in [0.29, 0.717) is 0 Å². The molecular weight excluding hydrogens is 673 g/mol. The van der Waals surface area contributed by atoms with Crippen molar-refractivity contribution in [3.63, 3.8) is 0 Å². The highest BCUT2D eigenvalue weighted by atomic mass is 32.1. The first kappa shape index (κ1) is 37.1. The van der Waals surface area contributed by atoms with Crippen LogP contribution in [0.25, 0.3) is 46.6 Å². The van der Waals surface area contributed by atoms with Gasteiger partial charge in [-0.15, -0.1) is 11.3 Å². The van der Waals surface area contributed by atoms with Crippen molar-refractivity contribution < 1.29 is 0 Å². The van der Waals surface area contributed by atoms with Crippen molar-refractivity contribution in [2.45, 2.75) is 67.7 Å². The van der Waals surface area contributed by atoms with E-state index in [1.807, 2.05) is 29.5 Å². The number of imidazole rings is 1. The molecule has 8 rings (SSSR count). The topological polar surface area (TPSA) is 17.8 Å². The molecule has 54 heavy (non-hydrogen) atoms. The van der Waals surface area contributed by atoms with Gasteiger partial charge in [-0.05, 0) is 109 Å². The molecule has 2 nitrogen and oxygen atoms in total. The third-order valence-electron chi connectivity index (χ3n) is 11.0. The van der Waals surface area contributed by atoms with Crippen LogP contribution in [-0.4, -0.2) is 9.55 Å². The Bertz CT molecular complexity index is 2640. The summed E-state index contributed by atoms with van der Waals surface area (Å²) >= 11 is 1.90. The summed E-state index contributed by atoms with van der Waals surface area (Å²) in [6.45, 7) is 15.8. The number of benzene rings is 4. The molecule has 272 valence electrons. The van der Waals surface area contributed by atoms with Crippen molar-refractivity contribution in [1.82, 2.24) is 9.55 Å². The van der Waals surface area contributed by atoms with E-state index in [-0.39, 0.29) is 10.8 Å². The molecule has 2 heterocycles. The highest BCUT2D eigenvalue weighted by Gasteiger charge is 2.34. The predicted molar refractivity (Wildman–Crippen MR) is 235 cm³/mol. The fraction of sp³-hybridized carbons (Fsp3) is 0.235. The maximum atomic E-state index is 4.89. The third kappa shape index (κ3) is 7.56. The zero-order chi connectivity index (χ0) is 37.9. The Morgan fingerprint density at radius 2 is 1.54 bits per heavy atom. The molecule has 4 aromatic carbocycles. The van der Waals surface area contributed by atoms with Gasteiger partial charge in [0.15, 0.2) is 0 Å². The minimum absolute atomic E-state index is 0.0815. The summed E-state index contributed by atoms with van der Waals surface area (Å²) < 4.78 is 4.97. The number of hydrogen-bond donors (Lipinski definition) is 0. The monoisotopic (exact) mass is 724 g/mol. The quantitative estimate of drug-likeness (QED) is 0.167. The molecule has 0 N–H and O–H groups in total. The van der Waals surface area contributed by atoms with Crippen LogP contribution >= 0.6 is 11.3 Å². The van der Waals surface area contributed by atoms with E-state index in [1.165, 1.54) is 52.9 Å². The van der Waals surface area contributed by atoms with Crippen LogP contribution in [-0.2, 0) is 6.42 Å². The minimum Gasteiger partial charge on any atom is -0.296 e. The van der Waals surface area contributed by atoms with Crippen LogP contribution in [0.5, 0.6) is 0 Å². The summed E-state index contributed by atoms with van der Waals surface area (Å²) in [7, 11) is 0. The molecule has 3 heteroatoms. The Morgan fingerprint density at radius 1 is 0.815 bits per heavy atom. The number of thiophene rings is 1. The van der Waals surface area contributed by atoms with Crippen molar-refractivity contribution in [3.05, 3.63) is 181 Å². The maximum Gasteiger partial charge on any atom is 0.114 e. The van der Waals surface area contributed by atoms with Gasteiger partial charge in [0, 0.05) is 31.8 Å². The van der Waals surface area contributed by atoms with E-state index < -0.39 is 0 Å². The Kier molecular flexibility index (Phi) is 10.7. The van der Waals surface area contributed by atoms with E-state index >= 15 is 0 Å². The van der Waals surface area contributed by atoms with Crippen LogP contribution in [0, 0.1) is 24.7 Å². The van der Waals surface area contributed by atoms with Crippen LogP contribution in [0.2, 0.25) is 0 Å². The number of aromatic nitrogens is 2. The summed E-state index contributed by atoms with van der Waals surface area (Å²) in [4.78, 5) is 4.89. The molecule has 0 aliphatic heterocycles. The number of para-hydroxylation sites is 2. The van der Waals surface area contributed by atoms with E-state index in [4.69, 9.17) is 4.98 Å². The lowest BCUT2D eigenvalue weighted by atomic mass is 9.67. The summed E-state index contributed by atoms with van der Waals surface area (Å²) in [5.41, 5.74) is 11.5. The SMILES string of the molecule is C/C=C\C=c1\sc2c(c1=Cc1ccc(-n3c(CC)nc4ccccc43)cc1)=CC(C)(C1=CCC(C)(C)C(c3ccccc3C)=C1)CC=2.Cc1ccccc1. The number of rotatable bonds is 6. The minimum atomic E-state index is -0.0815. The zero-order valence-corrected chi connectivity index (χ0v) is 33.7. The van der Waals surface area contributed by atoms with Crippen molar-refractivity contribution >= 4 is 52.2 Å². The van der Waals surface area contributed by atoms with Gasteiger partial charge in [0.1, 0.15) is 5.82 Å². The molecule has 1 atom stereocenters. The summed E-state index contributed by atoms with van der Waals surface area (Å²) in [5.74, 6) is 1.09. The third-order valence-corrected chi connectivity index (χ3v) is 12.1. The predicted octanol–water partition coefficient (Wildman–Crippen LogP) is 10.5. The molecule has 0 saturated heterocycles. The molecule has 2 aliphatic carbocycles. The Morgan fingerprint density at radius 3 is 2.24 bits per heavy atom. The zero-order valence-electron chi connectivity index (χ0n) is 32.9. The number of allylic oxidation sites excluding steroid dienone is 6. The van der Waals surface area contributed by atoms with Crippen LogP contribution in [0.3, 0.4) is 0 Å². The summed E-state index contributed by atoms with van der Waals surface area (Å²) in [6.07, 6.45) is 21.9. The van der Waals surface area contributed by atoms with Gasteiger partial charge >= 0.3 is 0 Å². The molecule has 0 radical (unpaired) electrons. The van der Waals surface area contributed by atoms with Gasteiger partial charge in [0.2, 0.25) is 0 Å². The number of aryl methyl sites for hydroxylation is 3. The lowest BCUT2D eigenvalue weighted by molar-refractivity contribution is 0.487. The van der Waals surface area contributed by atoms with Gasteiger partial charge in [-0.3, -0.25) is 4.57 Å². The lowest BCUT2D eigenvalue weighted by Crippen LogP contribution is -2.42. The smallest absolute Gasteiger partial charge is 0.114 e. The van der Waals surface area contributed by atoms with Gasteiger partial charge in [-0.2, -0.15) is 0 Å². The summed E-state index contributed by atoms with van der Waals surface area (Å²) in [6, 6.07) is 36.5. The standard InChI is InChI=1S/C44H44N2S.C7H8/c1-7-9-18-40-35(27-31-19-21-33(22-20-31)46-39-17-13-12-16-38(39)45-42(46)8-2)36-29-44(6,26-24-41(36)47-40)32-23-25-43(4,5)37(28-32)34-15-11-10-14-30(34)3;1-7-5-3-2-4-6-7/h7,9-24,27-29H,8,25-26H2,1-6H3;2-6H,1H3/b9-7-,35-27?,40-18+;. The van der Waals surface area contributed by atoms with Crippen molar-refractivity contribution in [2.75, 3.05) is 0 Å². The Labute approximate surface area is 325 Å². The molecule has 0 amide bonds. The normalized spacial score (nSPS) is 18.4. The largest absolute Gasteiger partial charge is 0.296 e. The second kappa shape index (κ2) is 15.6. The molecule has 0 fully saturated rings. The van der Waals surface area contributed by atoms with Crippen molar-refractivity contribution in [3.8, 4) is 5.69 Å². The lowest BCUT2D eigenvalue weighted by Gasteiger charge is -2.37. The number of nitrogens with zero attached hydrogens (tertiary/aromatic N) is 2.